The summed E-state index contributed by atoms with van der Waals surface area (Å²) >= 11 is 0. The van der Waals surface area contributed by atoms with Crippen molar-refractivity contribution in [1.29, 1.82) is 0 Å². The van der Waals surface area contributed by atoms with Gasteiger partial charge >= 0.3 is 19.8 Å². The molecule has 2 N–H and O–H groups in total. The summed E-state index contributed by atoms with van der Waals surface area (Å²) in [7, 11) is -4.80. The van der Waals surface area contributed by atoms with E-state index in [0.717, 1.165) is 38.5 Å². The molecular formula is C38H65O9P. The Balaban J connectivity index is 4.20. The summed E-state index contributed by atoms with van der Waals surface area (Å²) < 4.78 is 26.1. The molecule has 0 saturated heterocycles. The third-order valence-corrected chi connectivity index (χ3v) is 8.06. The van der Waals surface area contributed by atoms with E-state index < -0.39 is 39.1 Å². The van der Waals surface area contributed by atoms with Crippen LogP contribution in [0.5, 0.6) is 0 Å². The summed E-state index contributed by atoms with van der Waals surface area (Å²) in [6.07, 6.45) is 35.5. The maximum Gasteiger partial charge on any atom is 0.469 e. The van der Waals surface area contributed by atoms with Gasteiger partial charge in [0.25, 0.3) is 0 Å². The van der Waals surface area contributed by atoms with Gasteiger partial charge in [0.2, 0.25) is 0 Å². The molecule has 0 amide bonds. The van der Waals surface area contributed by atoms with Gasteiger partial charge in [0.1, 0.15) is 6.61 Å². The molecule has 0 saturated carbocycles. The van der Waals surface area contributed by atoms with E-state index in [9.17, 15) is 18.9 Å². The number of unbranched alkanes of at least 4 members (excludes halogenated alkanes) is 14. The zero-order chi connectivity index (χ0) is 35.6. The zero-order valence-corrected chi connectivity index (χ0v) is 30.8. The third kappa shape index (κ3) is 35.0. The van der Waals surface area contributed by atoms with Crippen molar-refractivity contribution in [3.8, 4) is 0 Å². The average molecular weight is 697 g/mol. The normalized spacial score (nSPS) is 12.9. The number of carbonyl (C=O) groups is 3. The minimum atomic E-state index is -4.80. The van der Waals surface area contributed by atoms with Gasteiger partial charge in [-0.3, -0.25) is 18.9 Å². The van der Waals surface area contributed by atoms with Crippen molar-refractivity contribution in [2.24, 2.45) is 0 Å². The predicted molar refractivity (Wildman–Crippen MR) is 193 cm³/mol. The Kier molecular flexibility index (Phi) is 31.6. The SMILES string of the molecule is CCCCC/C=C\C/C=C\C/C=C\C=C\C(=O)CCCC(=O)OC[C@H](COP(=O)(O)O)OC(=O)CCCCCCCCCCCCCC. The van der Waals surface area contributed by atoms with E-state index in [1.165, 1.54) is 76.7 Å². The van der Waals surface area contributed by atoms with E-state index >= 15 is 0 Å². The van der Waals surface area contributed by atoms with Crippen molar-refractivity contribution in [1.82, 2.24) is 0 Å². The van der Waals surface area contributed by atoms with Crippen LogP contribution in [-0.4, -0.2) is 46.8 Å². The van der Waals surface area contributed by atoms with Crippen molar-refractivity contribution in [2.75, 3.05) is 13.2 Å². The van der Waals surface area contributed by atoms with E-state index in [1.54, 1.807) is 6.08 Å². The minimum absolute atomic E-state index is 0.0217. The lowest BCUT2D eigenvalue weighted by atomic mass is 10.0. The molecule has 0 bridgehead atoms. The number of esters is 2. The van der Waals surface area contributed by atoms with Crippen LogP contribution in [0.15, 0.2) is 48.6 Å². The van der Waals surface area contributed by atoms with Gasteiger partial charge in [0.15, 0.2) is 11.9 Å². The lowest BCUT2D eigenvalue weighted by Crippen LogP contribution is -2.29. The van der Waals surface area contributed by atoms with Crippen LogP contribution in [0.4, 0.5) is 0 Å². The number of carbonyl (C=O) groups excluding carboxylic acids is 3. The molecule has 0 unspecified atom stereocenters. The van der Waals surface area contributed by atoms with Crippen molar-refractivity contribution in [3.05, 3.63) is 48.6 Å². The monoisotopic (exact) mass is 696 g/mol. The van der Waals surface area contributed by atoms with E-state index in [1.807, 2.05) is 12.2 Å². The van der Waals surface area contributed by atoms with Crippen LogP contribution in [0.3, 0.4) is 0 Å². The quantitative estimate of drug-likeness (QED) is 0.0172. The number of rotatable bonds is 33. The molecule has 0 aliphatic heterocycles. The largest absolute Gasteiger partial charge is 0.469 e. The Bertz CT molecular complexity index is 981. The Morgan fingerprint density at radius 2 is 1.15 bits per heavy atom. The maximum atomic E-state index is 12.3. The van der Waals surface area contributed by atoms with Gasteiger partial charge in [-0.1, -0.05) is 140 Å². The molecule has 0 aromatic heterocycles. The Labute approximate surface area is 290 Å². The van der Waals surface area contributed by atoms with Crippen molar-refractivity contribution < 1.29 is 42.7 Å². The van der Waals surface area contributed by atoms with Gasteiger partial charge in [-0.05, 0) is 44.6 Å². The number of phosphoric acid groups is 1. The first kappa shape index (κ1) is 45.7. The molecule has 48 heavy (non-hydrogen) atoms. The van der Waals surface area contributed by atoms with Gasteiger partial charge in [-0.2, -0.15) is 0 Å². The molecule has 276 valence electrons. The van der Waals surface area contributed by atoms with Crippen molar-refractivity contribution in [2.45, 2.75) is 161 Å². The van der Waals surface area contributed by atoms with Crippen LogP contribution in [0, 0.1) is 0 Å². The Hall–Kier alpha value is -2.32. The fraction of sp³-hybridized carbons (Fsp3) is 0.711. The second-order valence-corrected chi connectivity index (χ2v) is 13.5. The van der Waals surface area contributed by atoms with Crippen LogP contribution in [0.1, 0.15) is 155 Å². The highest BCUT2D eigenvalue weighted by molar-refractivity contribution is 7.46. The molecule has 0 aromatic rings. The number of ketones is 1. The van der Waals surface area contributed by atoms with E-state index in [4.69, 9.17) is 19.3 Å². The second-order valence-electron chi connectivity index (χ2n) is 12.2. The highest BCUT2D eigenvalue weighted by atomic mass is 31.2. The molecule has 0 aliphatic rings. The van der Waals surface area contributed by atoms with E-state index in [-0.39, 0.29) is 31.5 Å². The highest BCUT2D eigenvalue weighted by Crippen LogP contribution is 2.36. The lowest BCUT2D eigenvalue weighted by molar-refractivity contribution is -0.161. The van der Waals surface area contributed by atoms with Crippen LogP contribution in [0.2, 0.25) is 0 Å². The first-order valence-electron chi connectivity index (χ1n) is 18.4. The maximum absolute atomic E-state index is 12.3. The van der Waals surface area contributed by atoms with Gasteiger partial charge in [0, 0.05) is 19.3 Å². The molecule has 0 aliphatic carbocycles. The molecule has 0 aromatic carbocycles. The smallest absolute Gasteiger partial charge is 0.462 e. The summed E-state index contributed by atoms with van der Waals surface area (Å²) in [5.74, 6) is -1.26. The summed E-state index contributed by atoms with van der Waals surface area (Å²) in [6, 6.07) is 0. The highest BCUT2D eigenvalue weighted by Gasteiger charge is 2.23. The third-order valence-electron chi connectivity index (χ3n) is 7.58. The predicted octanol–water partition coefficient (Wildman–Crippen LogP) is 9.97. The number of hydrogen-bond acceptors (Lipinski definition) is 7. The van der Waals surface area contributed by atoms with Crippen LogP contribution < -0.4 is 0 Å². The molecule has 0 spiro atoms. The van der Waals surface area contributed by atoms with Crippen molar-refractivity contribution >= 4 is 25.5 Å². The average Bonchev–Trinajstić information content (AvgIpc) is 3.04. The van der Waals surface area contributed by atoms with E-state index in [2.05, 4.69) is 42.7 Å². The first-order chi connectivity index (χ1) is 23.2. The zero-order valence-electron chi connectivity index (χ0n) is 29.9. The summed E-state index contributed by atoms with van der Waals surface area (Å²) in [5.41, 5.74) is 0. The summed E-state index contributed by atoms with van der Waals surface area (Å²) in [5, 5.41) is 0. The molecule has 10 heteroatoms. The summed E-state index contributed by atoms with van der Waals surface area (Å²) in [6.45, 7) is 3.42. The molecule has 0 radical (unpaired) electrons. The van der Waals surface area contributed by atoms with Gasteiger partial charge < -0.3 is 19.3 Å². The number of allylic oxidation sites excluding steroid dienone is 8. The number of ether oxygens (including phenoxy) is 2. The molecular weight excluding hydrogens is 631 g/mol. The summed E-state index contributed by atoms with van der Waals surface area (Å²) in [4.78, 5) is 54.7. The number of phosphoric ester groups is 1. The standard InChI is InChI=1S/C38H65O9P/c1-3-5-7-9-11-13-15-17-18-20-22-24-26-29-35(39)30-28-32-37(40)45-33-36(34-46-48(42,43)44)47-38(41)31-27-25-23-21-19-16-14-12-10-8-6-4-2/h11,13,17-18,22,24,26,29,36H,3-10,12,14-16,19-21,23,25,27-28,30-34H2,1-2H3,(H2,42,43,44)/b13-11-,18-17-,24-22-,29-26+/t36-/m1/s1. The molecule has 0 fully saturated rings. The molecule has 0 rings (SSSR count). The fourth-order valence-electron chi connectivity index (χ4n) is 4.80. The first-order valence-corrected chi connectivity index (χ1v) is 19.9. The Morgan fingerprint density at radius 3 is 1.77 bits per heavy atom. The topological polar surface area (TPSA) is 136 Å². The number of hydrogen-bond donors (Lipinski definition) is 2. The van der Waals surface area contributed by atoms with Crippen LogP contribution >= 0.6 is 7.82 Å². The molecule has 1 atom stereocenters. The lowest BCUT2D eigenvalue weighted by Gasteiger charge is -2.18. The van der Waals surface area contributed by atoms with Gasteiger partial charge in [-0.15, -0.1) is 0 Å². The van der Waals surface area contributed by atoms with Gasteiger partial charge in [0.05, 0.1) is 6.61 Å². The van der Waals surface area contributed by atoms with Gasteiger partial charge in [-0.25, -0.2) is 4.57 Å². The fourth-order valence-corrected chi connectivity index (χ4v) is 5.16. The second kappa shape index (κ2) is 33.2. The van der Waals surface area contributed by atoms with E-state index in [0.29, 0.717) is 6.42 Å². The Morgan fingerprint density at radius 1 is 0.604 bits per heavy atom. The minimum Gasteiger partial charge on any atom is -0.462 e. The van der Waals surface area contributed by atoms with Crippen LogP contribution in [-0.2, 0) is 32.9 Å². The molecule has 9 nitrogen and oxygen atoms in total. The molecule has 0 heterocycles. The van der Waals surface area contributed by atoms with Crippen molar-refractivity contribution in [3.63, 3.8) is 0 Å². The van der Waals surface area contributed by atoms with Crippen LogP contribution in [0.25, 0.3) is 0 Å².